The van der Waals surface area contributed by atoms with E-state index in [9.17, 15) is 0 Å². The van der Waals surface area contributed by atoms with E-state index >= 15 is 0 Å². The zero-order chi connectivity index (χ0) is 13.1. The molecule has 2 unspecified atom stereocenters. The fourth-order valence-electron chi connectivity index (χ4n) is 3.18. The Hall–Kier alpha value is -0.970. The van der Waals surface area contributed by atoms with Crippen LogP contribution in [0, 0.1) is 5.92 Å². The van der Waals surface area contributed by atoms with Crippen LogP contribution in [-0.4, -0.2) is 32.8 Å². The molecule has 1 aromatic heterocycles. The normalized spacial score (nSPS) is 32.9. The summed E-state index contributed by atoms with van der Waals surface area (Å²) >= 11 is 1.90. The fraction of sp³-hybridized carbons (Fsp3) is 0.714. The standard InChI is InChI=1S/C14H22N4S/c1-12-4-2-5-14(10-12)11-19-13(17-14)15-7-9-18-8-3-6-16-18/h3,6,8,12H,2,4-5,7,9-11H2,1H3,(H,15,17). The second-order valence-corrected chi connectivity index (χ2v) is 6.82. The van der Waals surface area contributed by atoms with E-state index in [1.54, 1.807) is 0 Å². The van der Waals surface area contributed by atoms with Crippen LogP contribution < -0.4 is 5.32 Å². The summed E-state index contributed by atoms with van der Waals surface area (Å²) in [6.45, 7) is 4.05. The van der Waals surface area contributed by atoms with Gasteiger partial charge in [0.25, 0.3) is 0 Å². The Bertz CT molecular complexity index is 442. The molecule has 1 saturated carbocycles. The molecule has 1 saturated heterocycles. The van der Waals surface area contributed by atoms with Gasteiger partial charge in [0.1, 0.15) is 0 Å². The van der Waals surface area contributed by atoms with Crippen LogP contribution in [0.15, 0.2) is 23.5 Å². The topological polar surface area (TPSA) is 42.2 Å². The molecule has 2 heterocycles. The summed E-state index contributed by atoms with van der Waals surface area (Å²) in [5.41, 5.74) is 0.340. The van der Waals surface area contributed by atoms with Crippen LogP contribution in [0.5, 0.6) is 0 Å². The number of nitrogens with one attached hydrogen (secondary N) is 1. The molecule has 5 heteroatoms. The monoisotopic (exact) mass is 278 g/mol. The molecule has 1 aromatic rings. The summed E-state index contributed by atoms with van der Waals surface area (Å²) in [5.74, 6) is 2.04. The summed E-state index contributed by atoms with van der Waals surface area (Å²) in [6, 6.07) is 1.95. The number of hydrogen-bond acceptors (Lipinski definition) is 3. The predicted molar refractivity (Wildman–Crippen MR) is 80.5 cm³/mol. The van der Waals surface area contributed by atoms with Gasteiger partial charge in [0.2, 0.25) is 0 Å². The highest BCUT2D eigenvalue weighted by molar-refractivity contribution is 8.14. The molecule has 19 heavy (non-hydrogen) atoms. The molecule has 3 rings (SSSR count). The Labute approximate surface area is 119 Å². The Morgan fingerprint density at radius 2 is 2.58 bits per heavy atom. The van der Waals surface area contributed by atoms with Crippen molar-refractivity contribution in [1.29, 1.82) is 0 Å². The maximum atomic E-state index is 4.68. The van der Waals surface area contributed by atoms with E-state index in [1.165, 1.54) is 31.4 Å². The minimum atomic E-state index is 0.340. The minimum Gasteiger partial charge on any atom is -0.359 e. The van der Waals surface area contributed by atoms with Gasteiger partial charge in [-0.3, -0.25) is 9.67 Å². The lowest BCUT2D eigenvalue weighted by molar-refractivity contribution is 0.242. The van der Waals surface area contributed by atoms with Gasteiger partial charge >= 0.3 is 0 Å². The van der Waals surface area contributed by atoms with Crippen LogP contribution in [0.3, 0.4) is 0 Å². The van der Waals surface area contributed by atoms with E-state index in [-0.39, 0.29) is 0 Å². The molecule has 0 aromatic carbocycles. The molecular weight excluding hydrogens is 256 g/mol. The molecular formula is C14H22N4S. The summed E-state index contributed by atoms with van der Waals surface area (Å²) in [7, 11) is 0. The van der Waals surface area contributed by atoms with Gasteiger partial charge in [-0.15, -0.1) is 0 Å². The zero-order valence-corrected chi connectivity index (χ0v) is 12.3. The van der Waals surface area contributed by atoms with Crippen LogP contribution >= 0.6 is 11.8 Å². The van der Waals surface area contributed by atoms with Gasteiger partial charge in [-0.25, -0.2) is 0 Å². The van der Waals surface area contributed by atoms with Crippen LogP contribution in [0.2, 0.25) is 0 Å². The number of hydrogen-bond donors (Lipinski definition) is 1. The third-order valence-corrected chi connectivity index (χ3v) is 5.29. The third-order valence-electron chi connectivity index (χ3n) is 4.09. The summed E-state index contributed by atoms with van der Waals surface area (Å²) in [6.07, 6.45) is 9.16. The first-order valence-corrected chi connectivity index (χ1v) is 8.17. The Morgan fingerprint density at radius 3 is 3.37 bits per heavy atom. The van der Waals surface area contributed by atoms with Crippen molar-refractivity contribution in [1.82, 2.24) is 15.1 Å². The van der Waals surface area contributed by atoms with Crippen molar-refractivity contribution < 1.29 is 0 Å². The highest BCUT2D eigenvalue weighted by Gasteiger charge is 2.40. The van der Waals surface area contributed by atoms with E-state index in [4.69, 9.17) is 0 Å². The van der Waals surface area contributed by atoms with Crippen molar-refractivity contribution in [3.63, 3.8) is 0 Å². The zero-order valence-electron chi connectivity index (χ0n) is 11.5. The van der Waals surface area contributed by atoms with E-state index in [2.05, 4.69) is 22.3 Å². The van der Waals surface area contributed by atoms with Crippen molar-refractivity contribution in [3.05, 3.63) is 18.5 Å². The molecule has 1 aliphatic heterocycles. The smallest absolute Gasteiger partial charge is 0.157 e. The Kier molecular flexibility index (Phi) is 3.82. The SMILES string of the molecule is CC1CCCC2(CSC(=NCCn3cccn3)N2)C1. The largest absolute Gasteiger partial charge is 0.359 e. The van der Waals surface area contributed by atoms with Crippen molar-refractivity contribution in [2.45, 2.75) is 44.7 Å². The van der Waals surface area contributed by atoms with Gasteiger partial charge in [0.15, 0.2) is 5.17 Å². The van der Waals surface area contributed by atoms with E-state index in [0.29, 0.717) is 5.54 Å². The van der Waals surface area contributed by atoms with Gasteiger partial charge in [-0.05, 0) is 24.8 Å². The second-order valence-electron chi connectivity index (χ2n) is 5.85. The third kappa shape index (κ3) is 3.14. The van der Waals surface area contributed by atoms with Gasteiger partial charge < -0.3 is 5.32 Å². The van der Waals surface area contributed by atoms with Crippen molar-refractivity contribution >= 4 is 16.9 Å². The quantitative estimate of drug-likeness (QED) is 0.924. The lowest BCUT2D eigenvalue weighted by Crippen LogP contribution is -2.47. The molecule has 0 amide bonds. The molecule has 0 bridgehead atoms. The van der Waals surface area contributed by atoms with E-state index < -0.39 is 0 Å². The van der Waals surface area contributed by atoms with Gasteiger partial charge in [0.05, 0.1) is 13.1 Å². The molecule has 0 radical (unpaired) electrons. The van der Waals surface area contributed by atoms with Crippen LogP contribution in [0.4, 0.5) is 0 Å². The first-order valence-electron chi connectivity index (χ1n) is 7.19. The Morgan fingerprint density at radius 1 is 1.63 bits per heavy atom. The number of aliphatic imine (C=N–C) groups is 1. The highest BCUT2D eigenvalue weighted by atomic mass is 32.2. The van der Waals surface area contributed by atoms with Crippen LogP contribution in [0.25, 0.3) is 0 Å². The summed E-state index contributed by atoms with van der Waals surface area (Å²) in [4.78, 5) is 4.68. The van der Waals surface area contributed by atoms with Crippen molar-refractivity contribution in [3.8, 4) is 0 Å². The highest BCUT2D eigenvalue weighted by Crippen LogP contribution is 2.38. The number of rotatable bonds is 3. The maximum Gasteiger partial charge on any atom is 0.157 e. The second kappa shape index (κ2) is 5.57. The van der Waals surface area contributed by atoms with Crippen LogP contribution in [0.1, 0.15) is 32.6 Å². The molecule has 1 aliphatic carbocycles. The fourth-order valence-corrected chi connectivity index (χ4v) is 4.40. The van der Waals surface area contributed by atoms with Crippen LogP contribution in [-0.2, 0) is 6.54 Å². The molecule has 2 atom stereocenters. The lowest BCUT2D eigenvalue weighted by Gasteiger charge is -2.36. The van der Waals surface area contributed by atoms with Gasteiger partial charge in [-0.2, -0.15) is 5.10 Å². The molecule has 2 fully saturated rings. The van der Waals surface area contributed by atoms with E-state index in [1.807, 2.05) is 34.9 Å². The molecule has 104 valence electrons. The molecule has 1 spiro atoms. The van der Waals surface area contributed by atoms with Gasteiger partial charge in [-0.1, -0.05) is 31.5 Å². The average molecular weight is 278 g/mol. The minimum absolute atomic E-state index is 0.340. The average Bonchev–Trinajstić information content (AvgIpc) is 3.00. The molecule has 4 nitrogen and oxygen atoms in total. The first-order chi connectivity index (χ1) is 9.26. The number of aromatic nitrogens is 2. The lowest BCUT2D eigenvalue weighted by atomic mass is 9.78. The maximum absolute atomic E-state index is 4.68. The summed E-state index contributed by atoms with van der Waals surface area (Å²) < 4.78 is 1.93. The number of thioether (sulfide) groups is 1. The summed E-state index contributed by atoms with van der Waals surface area (Å²) in [5, 5.41) is 9.03. The van der Waals surface area contributed by atoms with E-state index in [0.717, 1.165) is 24.2 Å². The predicted octanol–water partition coefficient (Wildman–Crippen LogP) is 2.52. The van der Waals surface area contributed by atoms with Gasteiger partial charge in [0, 0.05) is 23.7 Å². The number of nitrogens with zero attached hydrogens (tertiary/aromatic N) is 3. The molecule has 2 aliphatic rings. The van der Waals surface area contributed by atoms with Crippen molar-refractivity contribution in [2.24, 2.45) is 10.9 Å². The first kappa shape index (κ1) is 13.0. The molecule has 1 N–H and O–H groups in total. The number of amidine groups is 1. The Balaban J connectivity index is 1.53. The van der Waals surface area contributed by atoms with Crippen molar-refractivity contribution in [2.75, 3.05) is 12.3 Å².